The second-order valence-electron chi connectivity index (χ2n) is 34.3. The van der Waals surface area contributed by atoms with Gasteiger partial charge in [-0.2, -0.15) is 0 Å². The Labute approximate surface area is 722 Å². The van der Waals surface area contributed by atoms with E-state index in [1.54, 1.807) is 0 Å². The van der Waals surface area contributed by atoms with E-state index in [0.717, 1.165) is 72.6 Å². The summed E-state index contributed by atoms with van der Waals surface area (Å²) in [6, 6.07) is 157. The topological polar surface area (TPSA) is 32.8 Å². The van der Waals surface area contributed by atoms with Gasteiger partial charge in [0.15, 0.2) is 5.58 Å². The van der Waals surface area contributed by atoms with Crippen molar-refractivity contribution in [3.8, 4) is 89.0 Å². The third-order valence-corrected chi connectivity index (χ3v) is 28.9. The third-order valence-electron chi connectivity index (χ3n) is 27.8. The van der Waals surface area contributed by atoms with E-state index in [9.17, 15) is 0 Å². The fraction of sp³-hybridized carbons (Fsp3) is 0.0420. The predicted molar refractivity (Wildman–Crippen MR) is 516 cm³/mol. The zero-order chi connectivity index (χ0) is 81.7. The first-order valence-electron chi connectivity index (χ1n) is 43.0. The van der Waals surface area contributed by atoms with Crippen molar-refractivity contribution in [1.82, 2.24) is 0 Å². The molecule has 3 aromatic heterocycles. The monoisotopic (exact) mass is 1600 g/mol. The van der Waals surface area contributed by atoms with E-state index in [-0.39, 0.29) is 5.41 Å². The second kappa shape index (κ2) is 26.8. The molecule has 580 valence electrons. The number of fused-ring (bicyclic) bond motifs is 34. The number of rotatable bonds is 9. The Morgan fingerprint density at radius 3 is 1.27 bits per heavy atom. The second-order valence-corrected chi connectivity index (χ2v) is 35.3. The number of hydrogen-bond donors (Lipinski definition) is 0. The van der Waals surface area contributed by atoms with Gasteiger partial charge in [0.2, 0.25) is 0 Å². The lowest BCUT2D eigenvalue weighted by Crippen LogP contribution is -2.26. The largest absolute Gasteiger partial charge is 0.456 e. The van der Waals surface area contributed by atoms with Gasteiger partial charge in [-0.25, -0.2) is 0 Å². The minimum atomic E-state index is -0.535. The van der Waals surface area contributed by atoms with Crippen LogP contribution in [0.4, 0.5) is 34.1 Å². The lowest BCUT2D eigenvalue weighted by atomic mass is 9.70. The first-order valence-corrected chi connectivity index (χ1v) is 43.8. The highest BCUT2D eigenvalue weighted by molar-refractivity contribution is 7.26. The average molecular weight is 1600 g/mol. The molecule has 0 bridgehead atoms. The molecule has 0 fully saturated rings. The molecule has 0 saturated heterocycles. The molecule has 5 heteroatoms. The Morgan fingerprint density at radius 1 is 0.218 bits per heavy atom. The third kappa shape index (κ3) is 9.90. The maximum Gasteiger partial charge on any atom is 0.159 e. The van der Waals surface area contributed by atoms with E-state index >= 15 is 0 Å². The number of benzene rings is 19. The summed E-state index contributed by atoms with van der Waals surface area (Å²) in [5.41, 5.74) is 42.6. The normalized spacial score (nSPS) is 15.3. The molecule has 5 aliphatic carbocycles. The molecule has 2 spiro atoms. The summed E-state index contributed by atoms with van der Waals surface area (Å²) >= 11 is 1.90. The molecule has 2 unspecified atom stereocenters. The smallest absolute Gasteiger partial charge is 0.159 e. The van der Waals surface area contributed by atoms with Gasteiger partial charge in [-0.15, -0.1) is 11.3 Å². The Bertz CT molecular complexity index is 8230. The van der Waals surface area contributed by atoms with Gasteiger partial charge in [-0.1, -0.05) is 341 Å². The van der Waals surface area contributed by atoms with Crippen LogP contribution >= 0.6 is 11.3 Å². The molecule has 0 radical (unpaired) electrons. The van der Waals surface area contributed by atoms with Gasteiger partial charge < -0.3 is 18.6 Å². The van der Waals surface area contributed by atoms with Crippen LogP contribution in [0.15, 0.2) is 433 Å². The number of anilines is 6. The van der Waals surface area contributed by atoms with Crippen LogP contribution in [0.25, 0.3) is 153 Å². The zero-order valence-electron chi connectivity index (χ0n) is 68.0. The molecule has 22 aromatic rings. The molecule has 2 atom stereocenters. The highest BCUT2D eigenvalue weighted by Crippen LogP contribution is 2.68. The molecule has 0 N–H and O–H groups in total. The zero-order valence-corrected chi connectivity index (χ0v) is 68.9. The maximum absolute atomic E-state index is 6.66. The van der Waals surface area contributed by atoms with Crippen molar-refractivity contribution < 1.29 is 8.83 Å². The molecule has 3 heterocycles. The van der Waals surface area contributed by atoms with Crippen molar-refractivity contribution in [2.24, 2.45) is 0 Å². The molecule has 0 aliphatic heterocycles. The first-order chi connectivity index (χ1) is 61.3. The quantitative estimate of drug-likeness (QED) is 0.144. The Kier molecular flexibility index (Phi) is 15.2. The fourth-order valence-electron chi connectivity index (χ4n) is 22.6. The SMILES string of the molecule is CC1(C)c2ccccc2-c2ccc(N(c3ccc4c(c3)C3(c5ccccc5-4)c4ccccc4-c4c3ccc3oc5ccccc5c43)c3ccccc3-c3ccccc3)cc21.c1ccc(-c2ccc(N(c3ccc(-c4ccc5c(c4)C4(c6ccccc6-5)c5ccccc5-c5c4ccc4sc6ccccc6c54)cc3)c3cccc4c3oc3ccccc34)cc2)cc1. The van der Waals surface area contributed by atoms with Crippen LogP contribution in [0.1, 0.15) is 69.5 Å². The molecule has 5 aliphatic rings. The lowest BCUT2D eigenvalue weighted by Gasteiger charge is -2.33. The van der Waals surface area contributed by atoms with Crippen molar-refractivity contribution in [2.45, 2.75) is 30.1 Å². The molecule has 124 heavy (non-hydrogen) atoms. The van der Waals surface area contributed by atoms with E-state index in [4.69, 9.17) is 8.83 Å². The van der Waals surface area contributed by atoms with E-state index in [2.05, 4.69) is 442 Å². The van der Waals surface area contributed by atoms with E-state index in [1.165, 1.54) is 170 Å². The van der Waals surface area contributed by atoms with Crippen LogP contribution in [0.2, 0.25) is 0 Å². The summed E-state index contributed by atoms with van der Waals surface area (Å²) in [4.78, 5) is 4.84. The van der Waals surface area contributed by atoms with Gasteiger partial charge in [0.1, 0.15) is 16.7 Å². The maximum atomic E-state index is 6.66. The molecular weight excluding hydrogens is 1520 g/mol. The van der Waals surface area contributed by atoms with Crippen molar-refractivity contribution in [3.63, 3.8) is 0 Å². The van der Waals surface area contributed by atoms with Crippen LogP contribution in [-0.4, -0.2) is 0 Å². The number of thiophene rings is 1. The molecule has 27 rings (SSSR count). The van der Waals surface area contributed by atoms with Gasteiger partial charge in [-0.05, 0) is 236 Å². The number of furan rings is 2. The van der Waals surface area contributed by atoms with Gasteiger partial charge >= 0.3 is 0 Å². The fourth-order valence-corrected chi connectivity index (χ4v) is 23.7. The van der Waals surface area contributed by atoms with Crippen molar-refractivity contribution in [1.29, 1.82) is 0 Å². The number of para-hydroxylation sites is 4. The number of hydrogen-bond acceptors (Lipinski definition) is 5. The van der Waals surface area contributed by atoms with Crippen LogP contribution in [0, 0.1) is 0 Å². The Balaban J connectivity index is 0.000000133. The van der Waals surface area contributed by atoms with Gasteiger partial charge in [0.05, 0.1) is 22.2 Å². The minimum absolute atomic E-state index is 0.143. The van der Waals surface area contributed by atoms with Gasteiger partial charge in [-0.3, -0.25) is 0 Å². The lowest BCUT2D eigenvalue weighted by molar-refractivity contribution is 0.660. The summed E-state index contributed by atoms with van der Waals surface area (Å²) < 4.78 is 15.9. The predicted octanol–water partition coefficient (Wildman–Crippen LogP) is 32.5. The van der Waals surface area contributed by atoms with E-state index in [1.807, 2.05) is 17.4 Å². The van der Waals surface area contributed by atoms with Gasteiger partial charge in [0, 0.05) is 75.4 Å². The molecule has 4 nitrogen and oxygen atoms in total. The highest BCUT2D eigenvalue weighted by atomic mass is 32.1. The van der Waals surface area contributed by atoms with E-state index < -0.39 is 10.8 Å². The van der Waals surface area contributed by atoms with Crippen LogP contribution < -0.4 is 9.80 Å². The van der Waals surface area contributed by atoms with Crippen LogP contribution in [-0.2, 0) is 16.2 Å². The summed E-state index contributed by atoms with van der Waals surface area (Å²) in [7, 11) is 0. The van der Waals surface area contributed by atoms with Crippen molar-refractivity contribution in [2.75, 3.05) is 9.80 Å². The summed E-state index contributed by atoms with van der Waals surface area (Å²) in [5, 5.41) is 7.27. The molecule has 19 aromatic carbocycles. The average Bonchev–Trinajstić information content (AvgIpc) is 1.50. The minimum Gasteiger partial charge on any atom is -0.456 e. The highest BCUT2D eigenvalue weighted by Gasteiger charge is 2.55. The molecule has 0 amide bonds. The van der Waals surface area contributed by atoms with Crippen molar-refractivity contribution >= 4 is 110 Å². The Morgan fingerprint density at radius 2 is 0.629 bits per heavy atom. The van der Waals surface area contributed by atoms with Crippen molar-refractivity contribution in [3.05, 3.63) is 480 Å². The number of nitrogens with zero attached hydrogens (tertiary/aromatic N) is 2. The first kappa shape index (κ1) is 70.4. The van der Waals surface area contributed by atoms with E-state index in [0.29, 0.717) is 0 Å². The molecule has 0 saturated carbocycles. The molecular formula is C119H76N2O2S. The van der Waals surface area contributed by atoms with Crippen LogP contribution in [0.3, 0.4) is 0 Å². The van der Waals surface area contributed by atoms with Crippen LogP contribution in [0.5, 0.6) is 0 Å². The summed E-state index contributed by atoms with van der Waals surface area (Å²) in [6.45, 7) is 4.74. The summed E-state index contributed by atoms with van der Waals surface area (Å²) in [5.74, 6) is 0. The van der Waals surface area contributed by atoms with Gasteiger partial charge in [0.25, 0.3) is 0 Å². The standard InChI is InChI=1S/C61H37NOS.C58H39NO/c1-2-13-38(14-3-1)39-25-30-42(31-26-39)62(54-22-12-19-47-46-16-6-10-23-55(46)63-60(47)54)43-32-27-40(28-33-43)41-29-34-45-44-15-4-8-20-50(44)61(53(45)37-41)51-21-9-5-17-48(51)58-52(61)35-36-57-59(58)49-18-7-11-24-56(49)64-57;1-57(2)46-23-11-6-19-40(46)42-30-28-37(34-50(42)57)59(52-26-14-9-18-39(52)36-16-4-3-5-17-36)38-29-31-43-41-20-7-12-24-47(41)58(51(43)35-38)48-25-13-8-21-44(48)55-49(58)32-33-54-56(55)45-22-10-15-27-53(45)60-54/h1-37H;3-35H,1-2H3. The summed E-state index contributed by atoms with van der Waals surface area (Å²) in [6.07, 6.45) is 0. The Hall–Kier alpha value is -15.4.